The van der Waals surface area contributed by atoms with Gasteiger partial charge in [-0.15, -0.1) is 0 Å². The third-order valence-electron chi connectivity index (χ3n) is 2.70. The molecule has 20 heavy (non-hydrogen) atoms. The maximum atomic E-state index is 9.24. The van der Waals surface area contributed by atoms with Crippen LogP contribution in [0.1, 0.15) is 5.56 Å². The van der Waals surface area contributed by atoms with Crippen molar-refractivity contribution in [3.63, 3.8) is 0 Å². The lowest BCUT2D eigenvalue weighted by Gasteiger charge is -2.08. The number of nitriles is 1. The van der Waals surface area contributed by atoms with Crippen LogP contribution in [0.25, 0.3) is 6.08 Å². The van der Waals surface area contributed by atoms with Gasteiger partial charge >= 0.3 is 0 Å². The standard InChI is InChI=1S/C16H13ClN2O/c1-20-16-9-5-2-6-12(16)10-13(11-18)19-15-8-4-3-7-14(15)17/h2-10,19H,1H3/b13-10+. The van der Waals surface area contributed by atoms with Gasteiger partial charge in [0.15, 0.2) is 0 Å². The Labute approximate surface area is 123 Å². The summed E-state index contributed by atoms with van der Waals surface area (Å²) in [7, 11) is 1.60. The van der Waals surface area contributed by atoms with Crippen molar-refractivity contribution in [2.75, 3.05) is 12.4 Å². The number of halogens is 1. The number of hydrogen-bond donors (Lipinski definition) is 1. The van der Waals surface area contributed by atoms with Crippen molar-refractivity contribution in [3.8, 4) is 11.8 Å². The Morgan fingerprint density at radius 1 is 1.20 bits per heavy atom. The maximum Gasteiger partial charge on any atom is 0.126 e. The minimum absolute atomic E-state index is 0.391. The predicted molar refractivity (Wildman–Crippen MR) is 81.7 cm³/mol. The summed E-state index contributed by atoms with van der Waals surface area (Å²) in [5, 5.41) is 12.8. The number of para-hydroxylation sites is 2. The minimum Gasteiger partial charge on any atom is -0.496 e. The van der Waals surface area contributed by atoms with E-state index in [1.807, 2.05) is 42.5 Å². The zero-order chi connectivity index (χ0) is 14.4. The predicted octanol–water partition coefficient (Wildman–Crippen LogP) is 4.33. The second-order valence-electron chi connectivity index (χ2n) is 4.02. The van der Waals surface area contributed by atoms with Crippen LogP contribution in [0.4, 0.5) is 5.69 Å². The van der Waals surface area contributed by atoms with E-state index < -0.39 is 0 Å². The lowest BCUT2D eigenvalue weighted by molar-refractivity contribution is 0.414. The summed E-state index contributed by atoms with van der Waals surface area (Å²) in [6, 6.07) is 16.9. The van der Waals surface area contributed by atoms with E-state index in [9.17, 15) is 5.26 Å². The van der Waals surface area contributed by atoms with Gasteiger partial charge in [-0.25, -0.2) is 0 Å². The zero-order valence-corrected chi connectivity index (χ0v) is 11.7. The second-order valence-corrected chi connectivity index (χ2v) is 4.42. The van der Waals surface area contributed by atoms with Gasteiger partial charge in [0, 0.05) is 5.56 Å². The van der Waals surface area contributed by atoms with E-state index in [1.54, 1.807) is 19.3 Å². The first-order valence-corrected chi connectivity index (χ1v) is 6.38. The smallest absolute Gasteiger partial charge is 0.126 e. The van der Waals surface area contributed by atoms with Gasteiger partial charge in [-0.2, -0.15) is 5.26 Å². The number of benzene rings is 2. The van der Waals surface area contributed by atoms with Crippen molar-refractivity contribution in [3.05, 3.63) is 64.8 Å². The van der Waals surface area contributed by atoms with Crippen molar-refractivity contribution >= 4 is 23.4 Å². The van der Waals surface area contributed by atoms with E-state index in [4.69, 9.17) is 16.3 Å². The fourth-order valence-corrected chi connectivity index (χ4v) is 1.93. The first-order chi connectivity index (χ1) is 9.74. The van der Waals surface area contributed by atoms with E-state index in [-0.39, 0.29) is 0 Å². The molecule has 0 saturated heterocycles. The molecule has 0 radical (unpaired) electrons. The molecule has 0 aromatic heterocycles. The number of nitrogens with one attached hydrogen (secondary N) is 1. The van der Waals surface area contributed by atoms with Crippen LogP contribution >= 0.6 is 11.6 Å². The average Bonchev–Trinajstić information content (AvgIpc) is 2.49. The van der Waals surface area contributed by atoms with E-state index in [1.165, 1.54) is 0 Å². The van der Waals surface area contributed by atoms with Gasteiger partial charge in [0.05, 0.1) is 17.8 Å². The van der Waals surface area contributed by atoms with Crippen LogP contribution in [0.2, 0.25) is 5.02 Å². The molecule has 0 bridgehead atoms. The van der Waals surface area contributed by atoms with Crippen molar-refractivity contribution in [1.29, 1.82) is 5.26 Å². The molecule has 2 aromatic carbocycles. The molecule has 0 aliphatic carbocycles. The molecular weight excluding hydrogens is 272 g/mol. The molecule has 0 unspecified atom stereocenters. The highest BCUT2D eigenvalue weighted by Gasteiger charge is 2.04. The Balaban J connectivity index is 2.31. The van der Waals surface area contributed by atoms with Crippen molar-refractivity contribution < 1.29 is 4.74 Å². The molecule has 0 aliphatic rings. The molecule has 0 amide bonds. The van der Waals surface area contributed by atoms with E-state index in [2.05, 4.69) is 11.4 Å². The number of rotatable bonds is 4. The molecule has 2 aromatic rings. The van der Waals surface area contributed by atoms with Crippen molar-refractivity contribution in [2.24, 2.45) is 0 Å². The molecule has 4 heteroatoms. The summed E-state index contributed by atoms with van der Waals surface area (Å²) in [5.74, 6) is 0.709. The second kappa shape index (κ2) is 6.65. The molecule has 2 rings (SSSR count). The van der Waals surface area contributed by atoms with E-state index >= 15 is 0 Å². The molecule has 100 valence electrons. The van der Waals surface area contributed by atoms with Crippen LogP contribution in [0.5, 0.6) is 5.75 Å². The molecule has 1 N–H and O–H groups in total. The Morgan fingerprint density at radius 2 is 1.90 bits per heavy atom. The lowest BCUT2D eigenvalue weighted by Crippen LogP contribution is -1.98. The maximum absolute atomic E-state index is 9.24. The molecule has 3 nitrogen and oxygen atoms in total. The fourth-order valence-electron chi connectivity index (χ4n) is 1.75. The third kappa shape index (κ3) is 3.31. The van der Waals surface area contributed by atoms with Gasteiger partial charge in [0.1, 0.15) is 17.5 Å². The SMILES string of the molecule is COc1ccccc1/C=C(\C#N)Nc1ccccc1Cl. The fraction of sp³-hybridized carbons (Fsp3) is 0.0625. The van der Waals surface area contributed by atoms with Gasteiger partial charge in [-0.3, -0.25) is 0 Å². The number of allylic oxidation sites excluding steroid dienone is 1. The highest BCUT2D eigenvalue weighted by molar-refractivity contribution is 6.33. The first kappa shape index (κ1) is 14.0. The molecule has 0 aliphatic heterocycles. The van der Waals surface area contributed by atoms with Gasteiger partial charge in [-0.05, 0) is 24.3 Å². The Bertz CT molecular complexity index is 674. The van der Waals surface area contributed by atoms with Gasteiger partial charge in [0.25, 0.3) is 0 Å². The van der Waals surface area contributed by atoms with Crippen LogP contribution in [-0.2, 0) is 0 Å². The Hall–Kier alpha value is -2.44. The molecular formula is C16H13ClN2O. The van der Waals surface area contributed by atoms with Crippen molar-refractivity contribution in [2.45, 2.75) is 0 Å². The van der Waals surface area contributed by atoms with Crippen LogP contribution in [0.3, 0.4) is 0 Å². The summed E-state index contributed by atoms with van der Waals surface area (Å²) in [5.41, 5.74) is 1.91. The summed E-state index contributed by atoms with van der Waals surface area (Å²) >= 11 is 6.06. The summed E-state index contributed by atoms with van der Waals surface area (Å²) in [4.78, 5) is 0. The summed E-state index contributed by atoms with van der Waals surface area (Å²) in [6.07, 6.45) is 1.72. The third-order valence-corrected chi connectivity index (χ3v) is 3.03. The highest BCUT2D eigenvalue weighted by atomic mass is 35.5. The molecule has 0 atom stereocenters. The van der Waals surface area contributed by atoms with Gasteiger partial charge in [-0.1, -0.05) is 41.9 Å². The number of methoxy groups -OCH3 is 1. The number of hydrogen-bond acceptors (Lipinski definition) is 3. The summed E-state index contributed by atoms with van der Waals surface area (Å²) in [6.45, 7) is 0. The molecule has 0 saturated carbocycles. The molecule has 0 heterocycles. The van der Waals surface area contributed by atoms with Gasteiger partial charge < -0.3 is 10.1 Å². The summed E-state index contributed by atoms with van der Waals surface area (Å²) < 4.78 is 5.26. The van der Waals surface area contributed by atoms with Gasteiger partial charge in [0.2, 0.25) is 0 Å². The molecule has 0 spiro atoms. The largest absolute Gasteiger partial charge is 0.496 e. The Morgan fingerprint density at radius 3 is 2.60 bits per heavy atom. The monoisotopic (exact) mass is 284 g/mol. The topological polar surface area (TPSA) is 45.0 Å². The van der Waals surface area contributed by atoms with Crippen molar-refractivity contribution in [1.82, 2.24) is 0 Å². The Kier molecular flexibility index (Phi) is 4.65. The van der Waals surface area contributed by atoms with Crippen LogP contribution in [0, 0.1) is 11.3 Å². The first-order valence-electron chi connectivity index (χ1n) is 6.01. The lowest BCUT2D eigenvalue weighted by atomic mass is 10.1. The highest BCUT2D eigenvalue weighted by Crippen LogP contribution is 2.24. The zero-order valence-electron chi connectivity index (χ0n) is 10.9. The van der Waals surface area contributed by atoms with E-state index in [0.717, 1.165) is 5.56 Å². The normalized spacial score (nSPS) is 10.8. The van der Waals surface area contributed by atoms with E-state index in [0.29, 0.717) is 22.2 Å². The van der Waals surface area contributed by atoms with Crippen LogP contribution in [0.15, 0.2) is 54.2 Å². The quantitative estimate of drug-likeness (QED) is 0.850. The molecule has 0 fully saturated rings. The number of nitrogens with zero attached hydrogens (tertiary/aromatic N) is 1. The number of ether oxygens (including phenoxy) is 1. The van der Waals surface area contributed by atoms with Crippen LogP contribution < -0.4 is 10.1 Å². The van der Waals surface area contributed by atoms with Crippen LogP contribution in [-0.4, -0.2) is 7.11 Å². The number of anilines is 1. The average molecular weight is 285 g/mol. The minimum atomic E-state index is 0.391.